The van der Waals surface area contributed by atoms with E-state index in [0.29, 0.717) is 24.8 Å². The first-order chi connectivity index (χ1) is 14.2. The summed E-state index contributed by atoms with van der Waals surface area (Å²) in [6.45, 7) is 10.6. The molecule has 6 heteroatoms. The fourth-order valence-electron chi connectivity index (χ4n) is 2.94. The Morgan fingerprint density at radius 2 is 1.77 bits per heavy atom. The van der Waals surface area contributed by atoms with Gasteiger partial charge < -0.3 is 15.0 Å². The van der Waals surface area contributed by atoms with Crippen LogP contribution in [0.2, 0.25) is 0 Å². The predicted octanol–water partition coefficient (Wildman–Crippen LogP) is 4.63. The minimum atomic E-state index is -0.605. The highest BCUT2D eigenvalue weighted by atomic mass is 79.9. The molecule has 0 radical (unpaired) electrons. The number of aryl methyl sites for hydroxylation is 2. The molecule has 0 unspecified atom stereocenters. The molecule has 0 saturated carbocycles. The molecule has 30 heavy (non-hydrogen) atoms. The fraction of sp³-hybridized carbons (Fsp3) is 0.417. The van der Waals surface area contributed by atoms with Gasteiger partial charge in [-0.3, -0.25) is 9.59 Å². The van der Waals surface area contributed by atoms with E-state index >= 15 is 0 Å². The van der Waals surface area contributed by atoms with Gasteiger partial charge in [0.15, 0.2) is 6.61 Å². The van der Waals surface area contributed by atoms with Crippen molar-refractivity contribution in [3.63, 3.8) is 0 Å². The van der Waals surface area contributed by atoms with Crippen molar-refractivity contribution in [1.29, 1.82) is 0 Å². The van der Waals surface area contributed by atoms with Crippen molar-refractivity contribution in [1.82, 2.24) is 10.2 Å². The summed E-state index contributed by atoms with van der Waals surface area (Å²) in [4.78, 5) is 27.3. The van der Waals surface area contributed by atoms with Crippen molar-refractivity contribution in [2.75, 3.05) is 13.2 Å². The van der Waals surface area contributed by atoms with Crippen molar-refractivity contribution in [3.05, 3.63) is 63.6 Å². The van der Waals surface area contributed by atoms with Crippen LogP contribution in [0.3, 0.4) is 0 Å². The summed E-state index contributed by atoms with van der Waals surface area (Å²) in [6.07, 6.45) is 0. The van der Waals surface area contributed by atoms with Crippen LogP contribution in [-0.2, 0) is 16.1 Å². The molecular weight excluding hydrogens is 444 g/mol. The maximum atomic E-state index is 13.1. The Morgan fingerprint density at radius 3 is 2.40 bits per heavy atom. The van der Waals surface area contributed by atoms with Crippen molar-refractivity contribution in [3.8, 4) is 5.75 Å². The molecule has 2 amide bonds. The largest absolute Gasteiger partial charge is 0.484 e. The highest BCUT2D eigenvalue weighted by Crippen LogP contribution is 2.22. The lowest BCUT2D eigenvalue weighted by molar-refractivity contribution is -0.142. The van der Waals surface area contributed by atoms with Gasteiger partial charge >= 0.3 is 0 Å². The molecule has 162 valence electrons. The number of carbonyl (C=O) groups is 2. The molecule has 0 aromatic heterocycles. The molecule has 0 bridgehead atoms. The molecule has 2 rings (SSSR count). The summed E-state index contributed by atoms with van der Waals surface area (Å²) in [6, 6.07) is 12.9. The number of carbonyl (C=O) groups excluding carboxylic acids is 2. The Kier molecular flexibility index (Phi) is 8.90. The normalized spacial score (nSPS) is 11.8. The van der Waals surface area contributed by atoms with Crippen LogP contribution < -0.4 is 10.1 Å². The van der Waals surface area contributed by atoms with E-state index in [1.165, 1.54) is 0 Å². The van der Waals surface area contributed by atoms with Crippen molar-refractivity contribution in [2.45, 2.75) is 47.2 Å². The van der Waals surface area contributed by atoms with Gasteiger partial charge in [-0.15, -0.1) is 0 Å². The lowest BCUT2D eigenvalue weighted by Gasteiger charge is -2.29. The van der Waals surface area contributed by atoms with Crippen LogP contribution in [0.15, 0.2) is 46.9 Å². The third kappa shape index (κ3) is 6.87. The Labute approximate surface area is 187 Å². The third-order valence-electron chi connectivity index (χ3n) is 4.95. The zero-order chi connectivity index (χ0) is 22.3. The molecule has 0 aliphatic carbocycles. The molecule has 0 saturated heterocycles. The standard InChI is InChI=1S/C24H31BrN2O3/c1-16(2)13-26-24(29)19(5)27(14-20-9-7-6-8-17(20)3)23(28)15-30-21-10-11-22(25)18(4)12-21/h6-12,16,19H,13-15H2,1-5H3,(H,26,29)/t19-/m1/s1. The number of hydrogen-bond donors (Lipinski definition) is 1. The van der Waals surface area contributed by atoms with Crippen LogP contribution in [0.5, 0.6) is 5.75 Å². The molecule has 0 spiro atoms. The quantitative estimate of drug-likeness (QED) is 0.575. The Bertz CT molecular complexity index is 883. The number of benzene rings is 2. The summed E-state index contributed by atoms with van der Waals surface area (Å²) < 4.78 is 6.72. The number of rotatable bonds is 9. The summed E-state index contributed by atoms with van der Waals surface area (Å²) in [5, 5.41) is 2.93. The monoisotopic (exact) mass is 474 g/mol. The predicted molar refractivity (Wildman–Crippen MR) is 123 cm³/mol. The third-order valence-corrected chi connectivity index (χ3v) is 5.84. The maximum absolute atomic E-state index is 13.1. The van der Waals surface area contributed by atoms with E-state index in [1.54, 1.807) is 11.8 Å². The van der Waals surface area contributed by atoms with Gasteiger partial charge in [-0.25, -0.2) is 0 Å². The fourth-order valence-corrected chi connectivity index (χ4v) is 3.19. The summed E-state index contributed by atoms with van der Waals surface area (Å²) >= 11 is 3.46. The lowest BCUT2D eigenvalue weighted by Crippen LogP contribution is -2.49. The van der Waals surface area contributed by atoms with Gasteiger partial charge in [-0.05, 0) is 61.6 Å². The second-order valence-electron chi connectivity index (χ2n) is 7.96. The average Bonchev–Trinajstić information content (AvgIpc) is 2.71. The van der Waals surface area contributed by atoms with Crippen molar-refractivity contribution < 1.29 is 14.3 Å². The number of halogens is 1. The first-order valence-corrected chi connectivity index (χ1v) is 11.0. The highest BCUT2D eigenvalue weighted by molar-refractivity contribution is 9.10. The number of nitrogens with zero attached hydrogens (tertiary/aromatic N) is 1. The van der Waals surface area contributed by atoms with E-state index in [0.717, 1.165) is 21.2 Å². The Hall–Kier alpha value is -2.34. The molecule has 5 nitrogen and oxygen atoms in total. The molecule has 0 aliphatic rings. The van der Waals surface area contributed by atoms with Crippen LogP contribution in [0, 0.1) is 19.8 Å². The first-order valence-electron chi connectivity index (χ1n) is 10.2. The van der Waals surface area contributed by atoms with Crippen LogP contribution >= 0.6 is 15.9 Å². The number of hydrogen-bond acceptors (Lipinski definition) is 3. The molecule has 1 N–H and O–H groups in total. The zero-order valence-electron chi connectivity index (χ0n) is 18.4. The van der Waals surface area contributed by atoms with E-state index < -0.39 is 6.04 Å². The average molecular weight is 475 g/mol. The summed E-state index contributed by atoms with van der Waals surface area (Å²) in [7, 11) is 0. The second-order valence-corrected chi connectivity index (χ2v) is 8.82. The lowest BCUT2D eigenvalue weighted by atomic mass is 10.1. The van der Waals surface area contributed by atoms with Crippen molar-refractivity contribution in [2.24, 2.45) is 5.92 Å². The molecule has 0 fully saturated rings. The van der Waals surface area contributed by atoms with E-state index in [4.69, 9.17) is 4.74 Å². The summed E-state index contributed by atoms with van der Waals surface area (Å²) in [5.74, 6) is 0.568. The van der Waals surface area contributed by atoms with Crippen LogP contribution in [0.1, 0.15) is 37.5 Å². The van der Waals surface area contributed by atoms with Crippen molar-refractivity contribution >= 4 is 27.7 Å². The Balaban J connectivity index is 2.16. The van der Waals surface area contributed by atoms with Gasteiger partial charge in [-0.2, -0.15) is 0 Å². The minimum absolute atomic E-state index is 0.130. The SMILES string of the molecule is Cc1cc(OCC(=O)N(Cc2ccccc2C)[C@H](C)C(=O)NCC(C)C)ccc1Br. The van der Waals surface area contributed by atoms with E-state index in [2.05, 4.69) is 21.2 Å². The second kappa shape index (κ2) is 11.2. The van der Waals surface area contributed by atoms with E-state index in [-0.39, 0.29) is 18.4 Å². The minimum Gasteiger partial charge on any atom is -0.484 e. The van der Waals surface area contributed by atoms with E-state index in [9.17, 15) is 9.59 Å². The van der Waals surface area contributed by atoms with Gasteiger partial charge in [0.25, 0.3) is 5.91 Å². The van der Waals surface area contributed by atoms with Gasteiger partial charge in [0, 0.05) is 17.6 Å². The molecule has 0 aliphatic heterocycles. The van der Waals surface area contributed by atoms with Gasteiger partial charge in [0.1, 0.15) is 11.8 Å². The molecule has 2 aromatic carbocycles. The molecule has 0 heterocycles. The maximum Gasteiger partial charge on any atom is 0.261 e. The highest BCUT2D eigenvalue weighted by Gasteiger charge is 2.27. The Morgan fingerprint density at radius 1 is 1.07 bits per heavy atom. The van der Waals surface area contributed by atoms with Crippen LogP contribution in [0.25, 0.3) is 0 Å². The number of nitrogens with one attached hydrogen (secondary N) is 1. The van der Waals surface area contributed by atoms with E-state index in [1.807, 2.05) is 70.2 Å². The molecule has 1 atom stereocenters. The smallest absolute Gasteiger partial charge is 0.261 e. The van der Waals surface area contributed by atoms with Gasteiger partial charge in [-0.1, -0.05) is 54.0 Å². The number of amides is 2. The topological polar surface area (TPSA) is 58.6 Å². The van der Waals surface area contributed by atoms with Crippen LogP contribution in [0.4, 0.5) is 0 Å². The van der Waals surface area contributed by atoms with Gasteiger partial charge in [0.05, 0.1) is 0 Å². The summed E-state index contributed by atoms with van der Waals surface area (Å²) in [5.41, 5.74) is 3.11. The number of ether oxygens (including phenoxy) is 1. The first kappa shape index (κ1) is 23.9. The molecule has 2 aromatic rings. The zero-order valence-corrected chi connectivity index (χ0v) is 20.0. The van der Waals surface area contributed by atoms with Crippen LogP contribution in [-0.4, -0.2) is 35.9 Å². The van der Waals surface area contributed by atoms with Gasteiger partial charge in [0.2, 0.25) is 5.91 Å². The molecular formula is C24H31BrN2O3.